The van der Waals surface area contributed by atoms with Crippen LogP contribution in [0.15, 0.2) is 52.8 Å². The highest BCUT2D eigenvalue weighted by Crippen LogP contribution is 2.32. The first-order valence-corrected chi connectivity index (χ1v) is 10.9. The van der Waals surface area contributed by atoms with Crippen LogP contribution in [0.3, 0.4) is 0 Å². The number of hydrogen-bond donors (Lipinski definition) is 3. The highest BCUT2D eigenvalue weighted by Gasteiger charge is 2.34. The minimum atomic E-state index is -0.587. The van der Waals surface area contributed by atoms with Crippen LogP contribution in [0.4, 0.5) is 4.79 Å². The fourth-order valence-electron chi connectivity index (χ4n) is 3.77. The summed E-state index contributed by atoms with van der Waals surface area (Å²) in [6.07, 6.45) is 0. The Hall–Kier alpha value is -3.26. The monoisotopic (exact) mass is 436 g/mol. The Morgan fingerprint density at radius 1 is 1.13 bits per heavy atom. The number of aryl methyl sites for hydroxylation is 3. The SMILES string of the molecule is COC(=O)C1=C(CSc2nc3ccc(C)cc3[nH]2)NC(=O)NC1c1ccc(C)cc1C. The number of rotatable bonds is 5. The number of fused-ring (bicyclic) bond motifs is 1. The predicted molar refractivity (Wildman–Crippen MR) is 121 cm³/mol. The second kappa shape index (κ2) is 8.47. The molecule has 0 spiro atoms. The van der Waals surface area contributed by atoms with Crippen molar-refractivity contribution in [1.29, 1.82) is 0 Å². The van der Waals surface area contributed by atoms with Gasteiger partial charge in [-0.15, -0.1) is 0 Å². The van der Waals surface area contributed by atoms with Gasteiger partial charge in [0, 0.05) is 11.4 Å². The molecule has 31 heavy (non-hydrogen) atoms. The van der Waals surface area contributed by atoms with Gasteiger partial charge >= 0.3 is 12.0 Å². The number of urea groups is 1. The molecular weight excluding hydrogens is 412 g/mol. The molecule has 1 aliphatic rings. The Labute approximate surface area is 184 Å². The Morgan fingerprint density at radius 2 is 1.87 bits per heavy atom. The topological polar surface area (TPSA) is 96.1 Å². The van der Waals surface area contributed by atoms with Crippen molar-refractivity contribution >= 4 is 34.8 Å². The van der Waals surface area contributed by atoms with E-state index >= 15 is 0 Å². The molecule has 4 rings (SSSR count). The van der Waals surface area contributed by atoms with Gasteiger partial charge in [-0.25, -0.2) is 14.6 Å². The summed E-state index contributed by atoms with van der Waals surface area (Å²) in [5.41, 5.74) is 6.85. The van der Waals surface area contributed by atoms with Gasteiger partial charge in [0.05, 0.1) is 29.8 Å². The van der Waals surface area contributed by atoms with Crippen LogP contribution in [0.2, 0.25) is 0 Å². The summed E-state index contributed by atoms with van der Waals surface area (Å²) in [6, 6.07) is 11.0. The van der Waals surface area contributed by atoms with Crippen LogP contribution in [-0.4, -0.2) is 34.8 Å². The highest BCUT2D eigenvalue weighted by molar-refractivity contribution is 7.99. The van der Waals surface area contributed by atoms with Gasteiger partial charge in [-0.3, -0.25) is 0 Å². The highest BCUT2D eigenvalue weighted by atomic mass is 32.2. The van der Waals surface area contributed by atoms with Crippen LogP contribution >= 0.6 is 11.8 Å². The van der Waals surface area contributed by atoms with Gasteiger partial charge in [-0.1, -0.05) is 41.6 Å². The first-order valence-electron chi connectivity index (χ1n) is 9.91. The average Bonchev–Trinajstić information content (AvgIpc) is 3.13. The van der Waals surface area contributed by atoms with E-state index in [9.17, 15) is 9.59 Å². The molecule has 8 heteroatoms. The predicted octanol–water partition coefficient (Wildman–Crippen LogP) is 4.06. The number of thioether (sulfide) groups is 1. The maximum atomic E-state index is 12.7. The lowest BCUT2D eigenvalue weighted by Gasteiger charge is -2.30. The second-order valence-corrected chi connectivity index (χ2v) is 8.59. The number of esters is 1. The molecule has 2 amide bonds. The molecule has 1 aliphatic heterocycles. The van der Waals surface area contributed by atoms with Crippen molar-refractivity contribution in [1.82, 2.24) is 20.6 Å². The molecule has 1 aromatic heterocycles. The first-order chi connectivity index (χ1) is 14.9. The largest absolute Gasteiger partial charge is 0.466 e. The van der Waals surface area contributed by atoms with Gasteiger partial charge in [0.1, 0.15) is 0 Å². The zero-order valence-corrected chi connectivity index (χ0v) is 18.6. The maximum absolute atomic E-state index is 12.7. The zero-order chi connectivity index (χ0) is 22.1. The van der Waals surface area contributed by atoms with E-state index in [2.05, 4.69) is 20.6 Å². The third kappa shape index (κ3) is 4.29. The van der Waals surface area contributed by atoms with Crippen LogP contribution in [0.5, 0.6) is 0 Å². The molecule has 0 radical (unpaired) electrons. The number of H-pyrrole nitrogens is 1. The van der Waals surface area contributed by atoms with E-state index in [1.807, 2.05) is 57.2 Å². The molecular formula is C23H24N4O3S. The van der Waals surface area contributed by atoms with E-state index in [1.165, 1.54) is 18.9 Å². The molecule has 1 unspecified atom stereocenters. The summed E-state index contributed by atoms with van der Waals surface area (Å²) in [5.74, 6) is -0.119. The molecule has 160 valence electrons. The molecule has 1 atom stereocenters. The molecule has 2 aromatic carbocycles. The number of benzene rings is 2. The number of nitrogens with zero attached hydrogens (tertiary/aromatic N) is 1. The number of nitrogens with one attached hydrogen (secondary N) is 3. The number of amides is 2. The van der Waals surface area contributed by atoms with Crippen molar-refractivity contribution in [2.24, 2.45) is 0 Å². The van der Waals surface area contributed by atoms with E-state index in [1.54, 1.807) is 0 Å². The number of aromatic nitrogens is 2. The lowest BCUT2D eigenvalue weighted by Crippen LogP contribution is -2.46. The smallest absolute Gasteiger partial charge is 0.338 e. The number of carbonyl (C=O) groups is 2. The fraction of sp³-hybridized carbons (Fsp3) is 0.261. The van der Waals surface area contributed by atoms with Crippen molar-refractivity contribution in [2.75, 3.05) is 12.9 Å². The molecule has 0 fully saturated rings. The Balaban J connectivity index is 1.69. The summed E-state index contributed by atoms with van der Waals surface area (Å²) in [7, 11) is 1.34. The molecule has 0 saturated carbocycles. The van der Waals surface area contributed by atoms with Gasteiger partial charge in [0.15, 0.2) is 5.16 Å². The van der Waals surface area contributed by atoms with Crippen LogP contribution in [0.25, 0.3) is 11.0 Å². The van der Waals surface area contributed by atoms with Crippen LogP contribution in [0, 0.1) is 20.8 Å². The summed E-state index contributed by atoms with van der Waals surface area (Å²) >= 11 is 1.42. The van der Waals surface area contributed by atoms with E-state index < -0.39 is 12.0 Å². The van der Waals surface area contributed by atoms with Crippen LogP contribution in [-0.2, 0) is 9.53 Å². The molecule has 0 saturated heterocycles. The van der Waals surface area contributed by atoms with Crippen molar-refractivity contribution < 1.29 is 14.3 Å². The first kappa shape index (κ1) is 21.0. The lowest BCUT2D eigenvalue weighted by molar-refractivity contribution is -0.136. The quantitative estimate of drug-likeness (QED) is 0.414. The third-order valence-corrected chi connectivity index (χ3v) is 6.16. The van der Waals surface area contributed by atoms with E-state index in [-0.39, 0.29) is 6.03 Å². The van der Waals surface area contributed by atoms with Crippen molar-refractivity contribution in [3.63, 3.8) is 0 Å². The Kier molecular flexibility index (Phi) is 5.73. The summed E-state index contributed by atoms with van der Waals surface area (Å²) in [6.45, 7) is 6.00. The van der Waals surface area contributed by atoms with Gasteiger partial charge in [-0.2, -0.15) is 0 Å². The Morgan fingerprint density at radius 3 is 2.61 bits per heavy atom. The maximum Gasteiger partial charge on any atom is 0.338 e. The van der Waals surface area contributed by atoms with Gasteiger partial charge < -0.3 is 20.4 Å². The molecule has 7 nitrogen and oxygen atoms in total. The van der Waals surface area contributed by atoms with Gasteiger partial charge in [0.25, 0.3) is 0 Å². The molecule has 3 N–H and O–H groups in total. The van der Waals surface area contributed by atoms with Crippen LogP contribution < -0.4 is 10.6 Å². The summed E-state index contributed by atoms with van der Waals surface area (Å²) < 4.78 is 5.06. The molecule has 2 heterocycles. The number of hydrogen-bond acceptors (Lipinski definition) is 5. The van der Waals surface area contributed by atoms with Crippen LogP contribution in [0.1, 0.15) is 28.3 Å². The number of imidazole rings is 1. The van der Waals surface area contributed by atoms with Crippen molar-refractivity contribution in [3.05, 3.63) is 69.9 Å². The standard InChI is InChI=1S/C23H24N4O3S/c1-12-5-7-15(14(3)9-12)20-19(21(28)30-4)18(24-22(29)27-20)11-31-23-25-16-8-6-13(2)10-17(16)26-23/h5-10,20H,11H2,1-4H3,(H,25,26)(H2,24,27,29). The normalized spacial score (nSPS) is 16.3. The number of carbonyl (C=O) groups excluding carboxylic acids is 2. The van der Waals surface area contributed by atoms with E-state index in [4.69, 9.17) is 4.74 Å². The fourth-order valence-corrected chi connectivity index (χ4v) is 4.63. The number of ether oxygens (including phenoxy) is 1. The lowest BCUT2D eigenvalue weighted by atomic mass is 9.91. The number of aromatic amines is 1. The van der Waals surface area contributed by atoms with Gasteiger partial charge in [0.2, 0.25) is 0 Å². The molecule has 0 aliphatic carbocycles. The van der Waals surface area contributed by atoms with Crippen molar-refractivity contribution in [3.8, 4) is 0 Å². The molecule has 0 bridgehead atoms. The zero-order valence-electron chi connectivity index (χ0n) is 17.8. The third-order valence-electron chi connectivity index (χ3n) is 5.26. The van der Waals surface area contributed by atoms with Gasteiger partial charge in [-0.05, 0) is 49.6 Å². The minimum Gasteiger partial charge on any atom is -0.466 e. The number of methoxy groups -OCH3 is 1. The Bertz CT molecular complexity index is 1210. The minimum absolute atomic E-state index is 0.353. The molecule has 3 aromatic rings. The summed E-state index contributed by atoms with van der Waals surface area (Å²) in [4.78, 5) is 33.0. The van der Waals surface area contributed by atoms with Crippen molar-refractivity contribution in [2.45, 2.75) is 32.0 Å². The van der Waals surface area contributed by atoms with E-state index in [0.29, 0.717) is 22.2 Å². The second-order valence-electron chi connectivity index (χ2n) is 7.63. The summed E-state index contributed by atoms with van der Waals surface area (Å²) in [5, 5.41) is 6.38. The average molecular weight is 437 g/mol. The van der Waals surface area contributed by atoms with E-state index in [0.717, 1.165) is 33.3 Å².